The fourth-order valence-corrected chi connectivity index (χ4v) is 4.58. The van der Waals surface area contributed by atoms with Crippen molar-refractivity contribution in [3.05, 3.63) is 63.6 Å². The van der Waals surface area contributed by atoms with E-state index in [1.165, 1.54) is 0 Å². The Bertz CT molecular complexity index is 1220. The molecule has 0 aliphatic carbocycles. The highest BCUT2D eigenvalue weighted by molar-refractivity contribution is 7.13. The number of halogens is 2. The maximum Gasteiger partial charge on any atom is 0.286 e. The molecule has 3 heterocycles. The summed E-state index contributed by atoms with van der Waals surface area (Å²) in [6.07, 6.45) is 1.46. The molecule has 5 rings (SSSR count). The molecule has 1 aromatic heterocycles. The maximum atomic E-state index is 13.8. The van der Waals surface area contributed by atoms with Gasteiger partial charge < -0.3 is 19.7 Å². The second-order valence-electron chi connectivity index (χ2n) is 7.25. The number of rotatable bonds is 4. The lowest BCUT2D eigenvalue weighted by molar-refractivity contribution is 0.0734. The molecule has 1 N–H and O–H groups in total. The van der Waals surface area contributed by atoms with Gasteiger partial charge in [-0.25, -0.2) is 8.78 Å². The number of anilines is 1. The Morgan fingerprint density at radius 3 is 2.78 bits per heavy atom. The first-order valence-electron chi connectivity index (χ1n) is 9.80. The minimum absolute atomic E-state index is 0.0195. The summed E-state index contributed by atoms with van der Waals surface area (Å²) in [7, 11) is 0. The van der Waals surface area contributed by atoms with Gasteiger partial charge in [0.15, 0.2) is 11.5 Å². The van der Waals surface area contributed by atoms with Gasteiger partial charge in [0.1, 0.15) is 16.6 Å². The van der Waals surface area contributed by atoms with Gasteiger partial charge in [0.2, 0.25) is 11.8 Å². The number of benzene rings is 2. The first kappa shape index (κ1) is 20.3. The number of hydrogen-bond donors (Lipinski definition) is 1. The maximum absolute atomic E-state index is 13.8. The molecule has 0 bridgehead atoms. The third-order valence-corrected chi connectivity index (χ3v) is 6.26. The second kappa shape index (κ2) is 8.15. The Hall–Kier alpha value is -3.60. The SMILES string of the molecule is O=C(Nc1ccc(F)cc1F)c1nnc(C2CCCN2C(=O)c2ccc3c(c2)OCO3)s1. The standard InChI is InChI=1S/C21H16F2N4O4S/c22-12-4-5-14(13(23)9-12)24-18(28)20-26-25-19(32-20)15-2-1-7-27(15)21(29)11-3-6-16-17(8-11)31-10-30-16/h3-6,8-9,15H,1-2,7,10H2,(H,24,28). The third-order valence-electron chi connectivity index (χ3n) is 5.23. The lowest BCUT2D eigenvalue weighted by Crippen LogP contribution is -2.30. The minimum Gasteiger partial charge on any atom is -0.454 e. The van der Waals surface area contributed by atoms with Crippen LogP contribution in [0.5, 0.6) is 11.5 Å². The molecule has 0 spiro atoms. The monoisotopic (exact) mass is 458 g/mol. The number of aromatic nitrogens is 2. The number of nitrogens with zero attached hydrogens (tertiary/aromatic N) is 3. The van der Waals surface area contributed by atoms with E-state index in [-0.39, 0.29) is 29.4 Å². The predicted molar refractivity (Wildman–Crippen MR) is 110 cm³/mol. The molecule has 1 atom stereocenters. The molecule has 8 nitrogen and oxygen atoms in total. The summed E-state index contributed by atoms with van der Waals surface area (Å²) in [4.78, 5) is 27.3. The number of likely N-dealkylation sites (tertiary alicyclic amines) is 1. The van der Waals surface area contributed by atoms with Crippen molar-refractivity contribution in [2.24, 2.45) is 0 Å². The summed E-state index contributed by atoms with van der Waals surface area (Å²) in [6, 6.07) is 7.56. The average molecular weight is 458 g/mol. The molecule has 2 aliphatic heterocycles. The van der Waals surface area contributed by atoms with Crippen LogP contribution in [0.3, 0.4) is 0 Å². The van der Waals surface area contributed by atoms with Gasteiger partial charge >= 0.3 is 0 Å². The van der Waals surface area contributed by atoms with Gasteiger partial charge in [-0.2, -0.15) is 0 Å². The number of nitrogens with one attached hydrogen (secondary N) is 1. The smallest absolute Gasteiger partial charge is 0.286 e. The topological polar surface area (TPSA) is 93.7 Å². The van der Waals surface area contributed by atoms with Crippen LogP contribution in [-0.2, 0) is 0 Å². The van der Waals surface area contributed by atoms with Gasteiger partial charge in [0.25, 0.3) is 11.8 Å². The van der Waals surface area contributed by atoms with Gasteiger partial charge in [0.05, 0.1) is 11.7 Å². The van der Waals surface area contributed by atoms with Crippen LogP contribution >= 0.6 is 11.3 Å². The Labute approximate surface area is 184 Å². The molecule has 164 valence electrons. The van der Waals surface area contributed by atoms with Crippen LogP contribution in [0.1, 0.15) is 44.1 Å². The predicted octanol–water partition coefficient (Wildman–Crippen LogP) is 3.77. The Morgan fingerprint density at radius 2 is 1.94 bits per heavy atom. The van der Waals surface area contributed by atoms with Crippen molar-refractivity contribution in [1.29, 1.82) is 0 Å². The van der Waals surface area contributed by atoms with Crippen LogP contribution in [0.25, 0.3) is 0 Å². The van der Waals surface area contributed by atoms with Gasteiger partial charge in [-0.3, -0.25) is 9.59 Å². The molecule has 11 heteroatoms. The van der Waals surface area contributed by atoms with E-state index in [9.17, 15) is 18.4 Å². The van der Waals surface area contributed by atoms with Crippen LogP contribution < -0.4 is 14.8 Å². The molecular weight excluding hydrogens is 442 g/mol. The normalized spacial score (nSPS) is 16.9. The van der Waals surface area contributed by atoms with Crippen molar-refractivity contribution in [1.82, 2.24) is 15.1 Å². The Morgan fingerprint density at radius 1 is 1.09 bits per heavy atom. The van der Waals surface area contributed by atoms with E-state index in [4.69, 9.17) is 9.47 Å². The fourth-order valence-electron chi connectivity index (χ4n) is 3.69. The summed E-state index contributed by atoms with van der Waals surface area (Å²) in [5, 5.41) is 10.9. The molecule has 0 saturated carbocycles. The van der Waals surface area contributed by atoms with E-state index in [1.807, 2.05) is 0 Å². The van der Waals surface area contributed by atoms with E-state index in [0.29, 0.717) is 41.1 Å². The van der Waals surface area contributed by atoms with Crippen molar-refractivity contribution in [2.45, 2.75) is 18.9 Å². The van der Waals surface area contributed by atoms with Gasteiger partial charge in [-0.1, -0.05) is 11.3 Å². The zero-order valence-electron chi connectivity index (χ0n) is 16.5. The summed E-state index contributed by atoms with van der Waals surface area (Å²) < 4.78 is 37.5. The van der Waals surface area contributed by atoms with Crippen LogP contribution in [0.4, 0.5) is 14.5 Å². The van der Waals surface area contributed by atoms with Crippen molar-refractivity contribution >= 4 is 28.8 Å². The zero-order valence-corrected chi connectivity index (χ0v) is 17.3. The van der Waals surface area contributed by atoms with E-state index < -0.39 is 17.5 Å². The van der Waals surface area contributed by atoms with Crippen molar-refractivity contribution in [3.63, 3.8) is 0 Å². The lowest BCUT2D eigenvalue weighted by atomic mass is 10.1. The van der Waals surface area contributed by atoms with E-state index in [1.54, 1.807) is 23.1 Å². The van der Waals surface area contributed by atoms with Crippen molar-refractivity contribution in [3.8, 4) is 11.5 Å². The first-order valence-corrected chi connectivity index (χ1v) is 10.6. The Balaban J connectivity index is 1.32. The van der Waals surface area contributed by atoms with Crippen molar-refractivity contribution < 1.29 is 27.8 Å². The molecule has 0 radical (unpaired) electrons. The van der Waals surface area contributed by atoms with Crippen LogP contribution in [0, 0.1) is 11.6 Å². The molecule has 1 saturated heterocycles. The number of amides is 2. The zero-order chi connectivity index (χ0) is 22.2. The lowest BCUT2D eigenvalue weighted by Gasteiger charge is -2.22. The molecule has 1 fully saturated rings. The third kappa shape index (κ3) is 3.75. The Kier molecular flexibility index (Phi) is 5.17. The number of ether oxygens (including phenoxy) is 2. The molecule has 2 aromatic carbocycles. The summed E-state index contributed by atoms with van der Waals surface area (Å²) in [5.74, 6) is -1.36. The average Bonchev–Trinajstić information content (AvgIpc) is 3.54. The van der Waals surface area contributed by atoms with Gasteiger partial charge in [-0.15, -0.1) is 10.2 Å². The highest BCUT2D eigenvalue weighted by Crippen LogP contribution is 2.37. The van der Waals surface area contributed by atoms with E-state index in [0.717, 1.165) is 29.9 Å². The quantitative estimate of drug-likeness (QED) is 0.640. The van der Waals surface area contributed by atoms with Crippen LogP contribution in [0.15, 0.2) is 36.4 Å². The van der Waals surface area contributed by atoms with Crippen LogP contribution in [0.2, 0.25) is 0 Å². The molecule has 1 unspecified atom stereocenters. The van der Waals surface area contributed by atoms with E-state index in [2.05, 4.69) is 15.5 Å². The van der Waals surface area contributed by atoms with Gasteiger partial charge in [0, 0.05) is 18.2 Å². The summed E-state index contributed by atoms with van der Waals surface area (Å²) in [6.45, 7) is 0.663. The number of carbonyl (C=O) groups excluding carboxylic acids is 2. The van der Waals surface area contributed by atoms with E-state index >= 15 is 0 Å². The molecule has 2 aliphatic rings. The molecule has 3 aromatic rings. The highest BCUT2D eigenvalue weighted by atomic mass is 32.1. The molecule has 32 heavy (non-hydrogen) atoms. The highest BCUT2D eigenvalue weighted by Gasteiger charge is 2.34. The number of hydrogen-bond acceptors (Lipinski definition) is 7. The second-order valence-corrected chi connectivity index (χ2v) is 8.26. The summed E-state index contributed by atoms with van der Waals surface area (Å²) >= 11 is 1.03. The molecular formula is C21H16F2N4O4S. The minimum atomic E-state index is -0.889. The van der Waals surface area contributed by atoms with Crippen molar-refractivity contribution in [2.75, 3.05) is 18.7 Å². The first-order chi connectivity index (χ1) is 15.5. The molecule has 2 amide bonds. The fraction of sp³-hybridized carbons (Fsp3) is 0.238. The van der Waals surface area contributed by atoms with Crippen LogP contribution in [-0.4, -0.2) is 40.2 Å². The van der Waals surface area contributed by atoms with Gasteiger partial charge in [-0.05, 0) is 43.2 Å². The summed E-state index contributed by atoms with van der Waals surface area (Å²) in [5.41, 5.74) is 0.309. The number of carbonyl (C=O) groups is 2. The largest absolute Gasteiger partial charge is 0.454 e. The number of fused-ring (bicyclic) bond motifs is 1.